The molecule has 0 radical (unpaired) electrons. The molecule has 4 heteroatoms. The third-order valence-corrected chi connectivity index (χ3v) is 3.03. The lowest BCUT2D eigenvalue weighted by Gasteiger charge is -1.99. The molecule has 0 aliphatic carbocycles. The van der Waals surface area contributed by atoms with Crippen LogP contribution in [0.2, 0.25) is 0 Å². The van der Waals surface area contributed by atoms with Crippen molar-refractivity contribution < 1.29 is 14.1 Å². The molecule has 0 unspecified atom stereocenters. The highest BCUT2D eigenvalue weighted by Crippen LogP contribution is 2.25. The Balaban J connectivity index is 1.96. The van der Waals surface area contributed by atoms with Crippen molar-refractivity contribution in [2.75, 3.05) is 6.61 Å². The number of nitrogens with zero attached hydrogens (tertiary/aromatic N) is 1. The van der Waals surface area contributed by atoms with Gasteiger partial charge < -0.3 is 9.26 Å². The zero-order valence-electron chi connectivity index (χ0n) is 11.0. The van der Waals surface area contributed by atoms with E-state index in [0.717, 1.165) is 16.3 Å². The molecule has 0 aliphatic heterocycles. The highest BCUT2D eigenvalue weighted by Gasteiger charge is 2.14. The van der Waals surface area contributed by atoms with Crippen LogP contribution in [0.1, 0.15) is 17.4 Å². The van der Waals surface area contributed by atoms with Gasteiger partial charge in [0, 0.05) is 11.6 Å². The molecule has 20 heavy (non-hydrogen) atoms. The predicted octanol–water partition coefficient (Wildman–Crippen LogP) is 3.67. The van der Waals surface area contributed by atoms with Crippen molar-refractivity contribution >= 4 is 16.7 Å². The first-order chi connectivity index (χ1) is 9.78. The number of benzene rings is 2. The first kappa shape index (κ1) is 12.4. The van der Waals surface area contributed by atoms with Gasteiger partial charge in [-0.3, -0.25) is 0 Å². The summed E-state index contributed by atoms with van der Waals surface area (Å²) in [5, 5.41) is 6.01. The molecule has 0 N–H and O–H groups in total. The van der Waals surface area contributed by atoms with E-state index in [9.17, 15) is 4.79 Å². The molecule has 0 saturated carbocycles. The van der Waals surface area contributed by atoms with Crippen molar-refractivity contribution in [3.8, 4) is 11.3 Å². The Morgan fingerprint density at radius 1 is 1.15 bits per heavy atom. The number of carbonyl (C=O) groups is 1. The molecule has 0 spiro atoms. The monoisotopic (exact) mass is 267 g/mol. The van der Waals surface area contributed by atoms with Crippen molar-refractivity contribution in [1.82, 2.24) is 5.16 Å². The van der Waals surface area contributed by atoms with Crippen LogP contribution in [0.4, 0.5) is 0 Å². The molecular formula is C16H13NO3. The normalized spacial score (nSPS) is 10.7. The minimum atomic E-state index is -0.469. The molecule has 1 aromatic heterocycles. The van der Waals surface area contributed by atoms with Crippen LogP contribution in [-0.4, -0.2) is 17.7 Å². The van der Waals surface area contributed by atoms with E-state index >= 15 is 0 Å². The fraction of sp³-hybridized carbons (Fsp3) is 0.125. The Bertz CT molecular complexity index is 761. The number of carbonyl (C=O) groups excluding carboxylic acids is 1. The van der Waals surface area contributed by atoms with E-state index in [0.29, 0.717) is 12.4 Å². The Hall–Kier alpha value is -2.62. The molecule has 1 heterocycles. The minimum Gasteiger partial charge on any atom is -0.461 e. The first-order valence-electron chi connectivity index (χ1n) is 6.41. The van der Waals surface area contributed by atoms with E-state index in [1.807, 2.05) is 42.5 Å². The Labute approximate surface area is 116 Å². The smallest absolute Gasteiger partial charge is 0.360 e. The van der Waals surface area contributed by atoms with Gasteiger partial charge in [0.2, 0.25) is 0 Å². The second-order valence-electron chi connectivity index (χ2n) is 4.36. The van der Waals surface area contributed by atoms with Crippen molar-refractivity contribution in [3.63, 3.8) is 0 Å². The summed E-state index contributed by atoms with van der Waals surface area (Å²) in [5.74, 6) is 0.0853. The summed E-state index contributed by atoms with van der Waals surface area (Å²) in [6.07, 6.45) is 0. The zero-order chi connectivity index (χ0) is 13.9. The molecule has 0 atom stereocenters. The standard InChI is InChI=1S/C16H13NO3/c1-2-19-16(18)14-10-15(20-17-14)13-8-7-11-5-3-4-6-12(11)9-13/h3-10H,2H2,1H3. The van der Waals surface area contributed by atoms with Gasteiger partial charge in [-0.1, -0.05) is 41.6 Å². The Kier molecular flexibility index (Phi) is 3.21. The SMILES string of the molecule is CCOC(=O)c1cc(-c2ccc3ccccc3c2)on1. The van der Waals surface area contributed by atoms with E-state index < -0.39 is 5.97 Å². The van der Waals surface area contributed by atoms with Gasteiger partial charge in [0.1, 0.15) is 0 Å². The molecule has 0 amide bonds. The van der Waals surface area contributed by atoms with Crippen molar-refractivity contribution in [3.05, 3.63) is 54.2 Å². The molecule has 100 valence electrons. The maximum Gasteiger partial charge on any atom is 0.360 e. The number of fused-ring (bicyclic) bond motifs is 1. The fourth-order valence-electron chi connectivity index (χ4n) is 2.06. The Morgan fingerprint density at radius 2 is 1.95 bits per heavy atom. The minimum absolute atomic E-state index is 0.190. The number of hydrogen-bond donors (Lipinski definition) is 0. The maximum atomic E-state index is 11.6. The van der Waals surface area contributed by atoms with Gasteiger partial charge in [-0.05, 0) is 23.8 Å². The fourth-order valence-corrected chi connectivity index (χ4v) is 2.06. The molecule has 4 nitrogen and oxygen atoms in total. The summed E-state index contributed by atoms with van der Waals surface area (Å²) in [6.45, 7) is 2.07. The molecule has 0 bridgehead atoms. The van der Waals surface area contributed by atoms with Gasteiger partial charge in [-0.15, -0.1) is 0 Å². The number of rotatable bonds is 3. The van der Waals surface area contributed by atoms with Crippen molar-refractivity contribution in [2.24, 2.45) is 0 Å². The highest BCUT2D eigenvalue weighted by molar-refractivity contribution is 5.90. The average molecular weight is 267 g/mol. The predicted molar refractivity (Wildman–Crippen MR) is 75.4 cm³/mol. The molecule has 3 aromatic rings. The second-order valence-corrected chi connectivity index (χ2v) is 4.36. The van der Waals surface area contributed by atoms with Crippen LogP contribution >= 0.6 is 0 Å². The third kappa shape index (κ3) is 2.28. The lowest BCUT2D eigenvalue weighted by molar-refractivity contribution is 0.0514. The molecule has 0 aliphatic rings. The van der Waals surface area contributed by atoms with Crippen LogP contribution in [0.5, 0.6) is 0 Å². The average Bonchev–Trinajstić information content (AvgIpc) is 2.97. The van der Waals surface area contributed by atoms with E-state index in [1.54, 1.807) is 13.0 Å². The van der Waals surface area contributed by atoms with E-state index in [-0.39, 0.29) is 5.69 Å². The van der Waals surface area contributed by atoms with Crippen LogP contribution in [-0.2, 0) is 4.74 Å². The van der Waals surface area contributed by atoms with Gasteiger partial charge in [0.05, 0.1) is 6.61 Å². The number of aromatic nitrogens is 1. The van der Waals surface area contributed by atoms with Gasteiger partial charge in [0.25, 0.3) is 0 Å². The third-order valence-electron chi connectivity index (χ3n) is 3.03. The Morgan fingerprint density at radius 3 is 2.75 bits per heavy atom. The lowest BCUT2D eigenvalue weighted by Crippen LogP contribution is -2.04. The van der Waals surface area contributed by atoms with Crippen LogP contribution in [0.25, 0.3) is 22.1 Å². The van der Waals surface area contributed by atoms with Crippen LogP contribution in [0.3, 0.4) is 0 Å². The number of ether oxygens (including phenoxy) is 1. The molecule has 0 saturated heterocycles. The number of hydrogen-bond acceptors (Lipinski definition) is 4. The van der Waals surface area contributed by atoms with Gasteiger partial charge in [-0.2, -0.15) is 0 Å². The van der Waals surface area contributed by atoms with E-state index in [1.165, 1.54) is 0 Å². The van der Waals surface area contributed by atoms with Crippen LogP contribution in [0.15, 0.2) is 53.1 Å². The summed E-state index contributed by atoms with van der Waals surface area (Å²) in [5.41, 5.74) is 1.07. The molecule has 2 aromatic carbocycles. The molecule has 0 fully saturated rings. The summed E-state index contributed by atoms with van der Waals surface area (Å²) in [4.78, 5) is 11.6. The largest absolute Gasteiger partial charge is 0.461 e. The lowest BCUT2D eigenvalue weighted by atomic mass is 10.1. The maximum absolute atomic E-state index is 11.6. The summed E-state index contributed by atoms with van der Waals surface area (Å²) in [7, 11) is 0. The topological polar surface area (TPSA) is 52.3 Å². The van der Waals surface area contributed by atoms with Crippen molar-refractivity contribution in [1.29, 1.82) is 0 Å². The molecular weight excluding hydrogens is 254 g/mol. The second kappa shape index (κ2) is 5.17. The van der Waals surface area contributed by atoms with Crippen molar-refractivity contribution in [2.45, 2.75) is 6.92 Å². The van der Waals surface area contributed by atoms with Gasteiger partial charge in [0.15, 0.2) is 11.5 Å². The van der Waals surface area contributed by atoms with Gasteiger partial charge in [-0.25, -0.2) is 4.79 Å². The first-order valence-corrected chi connectivity index (χ1v) is 6.41. The molecule has 3 rings (SSSR count). The summed E-state index contributed by atoms with van der Waals surface area (Å²) < 4.78 is 10.1. The van der Waals surface area contributed by atoms with E-state index in [4.69, 9.17) is 9.26 Å². The summed E-state index contributed by atoms with van der Waals surface area (Å²) in [6, 6.07) is 15.6. The summed E-state index contributed by atoms with van der Waals surface area (Å²) >= 11 is 0. The highest BCUT2D eigenvalue weighted by atomic mass is 16.5. The van der Waals surface area contributed by atoms with Crippen LogP contribution in [0, 0.1) is 0 Å². The van der Waals surface area contributed by atoms with Crippen LogP contribution < -0.4 is 0 Å². The van der Waals surface area contributed by atoms with E-state index in [2.05, 4.69) is 5.16 Å². The zero-order valence-corrected chi connectivity index (χ0v) is 11.0. The number of esters is 1. The van der Waals surface area contributed by atoms with Gasteiger partial charge >= 0.3 is 5.97 Å². The quantitative estimate of drug-likeness (QED) is 0.679.